The van der Waals surface area contributed by atoms with Gasteiger partial charge in [-0.2, -0.15) is 15.6 Å². The van der Waals surface area contributed by atoms with Crippen molar-refractivity contribution < 1.29 is 5.11 Å². The van der Waals surface area contributed by atoms with Crippen LogP contribution in [0.15, 0.2) is 58.4 Å². The second-order valence-electron chi connectivity index (χ2n) is 5.34. The molecule has 1 heterocycles. The predicted octanol–water partition coefficient (Wildman–Crippen LogP) is 2.33. The van der Waals surface area contributed by atoms with Crippen LogP contribution in [0.25, 0.3) is 11.3 Å². The maximum Gasteiger partial charge on any atom is 0.270 e. The van der Waals surface area contributed by atoms with Crippen molar-refractivity contribution in [2.45, 2.75) is 0 Å². The van der Waals surface area contributed by atoms with Crippen LogP contribution in [0.3, 0.4) is 0 Å². The highest BCUT2D eigenvalue weighted by molar-refractivity contribution is 5.85. The monoisotopic (exact) mass is 356 g/mol. The third-order valence-corrected chi connectivity index (χ3v) is 3.64. The number of aromatic nitrogens is 2. The van der Waals surface area contributed by atoms with Crippen LogP contribution in [0.4, 0.5) is 5.95 Å². The molecule has 0 amide bonds. The van der Waals surface area contributed by atoms with E-state index >= 15 is 0 Å². The summed E-state index contributed by atoms with van der Waals surface area (Å²) in [6.45, 7) is 0. The molecule has 0 radical (unpaired) electrons. The Labute approximate surface area is 153 Å². The molecule has 0 saturated heterocycles. The molecule has 8 heteroatoms. The quantitative estimate of drug-likeness (QED) is 0.484. The van der Waals surface area contributed by atoms with E-state index in [0.29, 0.717) is 11.1 Å². The van der Waals surface area contributed by atoms with Crippen molar-refractivity contribution in [2.75, 3.05) is 5.43 Å². The second-order valence-corrected chi connectivity index (χ2v) is 5.34. The Hall–Kier alpha value is -4.43. The first-order valence-electron chi connectivity index (χ1n) is 7.75. The number of phenolic OH excluding ortho intramolecular Hbond substituents is 1. The Bertz CT molecular complexity index is 1150. The van der Waals surface area contributed by atoms with E-state index in [2.05, 4.69) is 20.5 Å². The minimum absolute atomic E-state index is 0.0324. The van der Waals surface area contributed by atoms with Crippen molar-refractivity contribution in [2.24, 2.45) is 5.10 Å². The fourth-order valence-electron chi connectivity index (χ4n) is 2.35. The summed E-state index contributed by atoms with van der Waals surface area (Å²) in [7, 11) is 0. The molecule has 0 aliphatic carbocycles. The molecule has 3 aromatic rings. The summed E-state index contributed by atoms with van der Waals surface area (Å²) < 4.78 is 0. The largest absolute Gasteiger partial charge is 0.506 e. The minimum atomic E-state index is -0.599. The van der Waals surface area contributed by atoms with Crippen LogP contribution in [0.1, 0.15) is 16.7 Å². The normalized spacial score (nSPS) is 10.3. The molecule has 0 atom stereocenters. The summed E-state index contributed by atoms with van der Waals surface area (Å²) in [4.78, 5) is 18.8. The molecule has 0 fully saturated rings. The maximum atomic E-state index is 12.2. The van der Waals surface area contributed by atoms with Gasteiger partial charge in [-0.25, -0.2) is 10.4 Å². The van der Waals surface area contributed by atoms with Gasteiger partial charge in [-0.15, -0.1) is 0 Å². The van der Waals surface area contributed by atoms with Gasteiger partial charge in [0.15, 0.2) is 0 Å². The van der Waals surface area contributed by atoms with Gasteiger partial charge in [0.25, 0.3) is 5.56 Å². The van der Waals surface area contributed by atoms with Gasteiger partial charge in [0.1, 0.15) is 23.5 Å². The average Bonchev–Trinajstić information content (AvgIpc) is 2.69. The van der Waals surface area contributed by atoms with E-state index in [1.807, 2.05) is 18.2 Å². The highest BCUT2D eigenvalue weighted by Crippen LogP contribution is 2.21. The second kappa shape index (κ2) is 7.64. The number of benzene rings is 2. The molecule has 27 heavy (non-hydrogen) atoms. The first-order chi connectivity index (χ1) is 13.1. The summed E-state index contributed by atoms with van der Waals surface area (Å²) in [5.41, 5.74) is 3.15. The van der Waals surface area contributed by atoms with Gasteiger partial charge in [-0.05, 0) is 12.1 Å². The molecule has 0 spiro atoms. The summed E-state index contributed by atoms with van der Waals surface area (Å²) in [5.74, 6) is -0.165. The van der Waals surface area contributed by atoms with Crippen LogP contribution in [0.5, 0.6) is 5.75 Å². The molecule has 130 valence electrons. The number of rotatable bonds is 4. The number of aromatic hydroxyl groups is 1. The maximum absolute atomic E-state index is 12.2. The number of nitrogens with one attached hydrogen (secondary N) is 2. The van der Waals surface area contributed by atoms with E-state index in [4.69, 9.17) is 5.26 Å². The van der Waals surface area contributed by atoms with Gasteiger partial charge < -0.3 is 5.11 Å². The third kappa shape index (κ3) is 3.65. The van der Waals surface area contributed by atoms with Crippen molar-refractivity contribution >= 4 is 12.2 Å². The van der Waals surface area contributed by atoms with Crippen molar-refractivity contribution in [3.8, 4) is 29.1 Å². The van der Waals surface area contributed by atoms with E-state index in [1.165, 1.54) is 12.3 Å². The smallest absolute Gasteiger partial charge is 0.270 e. The van der Waals surface area contributed by atoms with Gasteiger partial charge in [0, 0.05) is 11.1 Å². The third-order valence-electron chi connectivity index (χ3n) is 3.64. The molecule has 0 aliphatic heterocycles. The standard InChI is InChI=1S/C19H12N6O2/c20-9-13-7-4-8-14(17(13)26)11-22-25-19-23-16(12-5-2-1-3-6-12)15(10-21)18(27)24-19/h1-8,11,26H,(H2,23,24,25,27). The number of hydrogen-bond donors (Lipinski definition) is 3. The van der Waals surface area contributed by atoms with Gasteiger partial charge in [-0.3, -0.25) is 9.78 Å². The molecular weight excluding hydrogens is 344 g/mol. The lowest BCUT2D eigenvalue weighted by molar-refractivity contribution is 0.472. The summed E-state index contributed by atoms with van der Waals surface area (Å²) >= 11 is 0. The molecule has 0 saturated carbocycles. The number of aromatic amines is 1. The van der Waals surface area contributed by atoms with Gasteiger partial charge in [-0.1, -0.05) is 36.4 Å². The number of nitriles is 2. The number of hydrogen-bond acceptors (Lipinski definition) is 7. The van der Waals surface area contributed by atoms with E-state index in [-0.39, 0.29) is 28.5 Å². The molecule has 2 aromatic carbocycles. The SMILES string of the molecule is N#Cc1cccc(C=NNc2nc(-c3ccccc3)c(C#N)c(=O)[nH]2)c1O. The minimum Gasteiger partial charge on any atom is -0.506 e. The number of para-hydroxylation sites is 1. The molecule has 3 rings (SSSR count). The lowest BCUT2D eigenvalue weighted by atomic mass is 10.1. The Morgan fingerprint density at radius 2 is 1.89 bits per heavy atom. The summed E-state index contributed by atoms with van der Waals surface area (Å²) in [6, 6.07) is 17.2. The lowest BCUT2D eigenvalue weighted by Gasteiger charge is -2.06. The molecule has 1 aromatic heterocycles. The first kappa shape index (κ1) is 17.4. The van der Waals surface area contributed by atoms with E-state index in [9.17, 15) is 15.2 Å². The number of H-pyrrole nitrogens is 1. The fourth-order valence-corrected chi connectivity index (χ4v) is 2.35. The van der Waals surface area contributed by atoms with Crippen molar-refractivity contribution in [3.05, 3.63) is 75.6 Å². The number of anilines is 1. The Balaban J connectivity index is 1.93. The fraction of sp³-hybridized carbons (Fsp3) is 0. The topological polar surface area (TPSA) is 138 Å². The molecule has 0 aliphatic rings. The average molecular weight is 356 g/mol. The van der Waals surface area contributed by atoms with Crippen molar-refractivity contribution in [1.29, 1.82) is 10.5 Å². The highest BCUT2D eigenvalue weighted by Gasteiger charge is 2.12. The zero-order valence-electron chi connectivity index (χ0n) is 13.8. The van der Waals surface area contributed by atoms with Gasteiger partial charge >= 0.3 is 0 Å². The molecule has 8 nitrogen and oxygen atoms in total. The van der Waals surface area contributed by atoms with Crippen LogP contribution in [0.2, 0.25) is 0 Å². The predicted molar refractivity (Wildman–Crippen MR) is 99.0 cm³/mol. The van der Waals surface area contributed by atoms with E-state index in [0.717, 1.165) is 0 Å². The number of nitrogens with zero attached hydrogens (tertiary/aromatic N) is 4. The van der Waals surface area contributed by atoms with Crippen molar-refractivity contribution in [3.63, 3.8) is 0 Å². The Morgan fingerprint density at radius 3 is 2.59 bits per heavy atom. The van der Waals surface area contributed by atoms with Gasteiger partial charge in [0.2, 0.25) is 5.95 Å². The summed E-state index contributed by atoms with van der Waals surface area (Å²) in [5, 5.41) is 32.0. The zero-order valence-corrected chi connectivity index (χ0v) is 13.8. The highest BCUT2D eigenvalue weighted by atomic mass is 16.3. The van der Waals surface area contributed by atoms with Crippen LogP contribution in [-0.2, 0) is 0 Å². The molecular formula is C19H12N6O2. The van der Waals surface area contributed by atoms with Crippen LogP contribution < -0.4 is 11.0 Å². The Morgan fingerprint density at radius 1 is 1.11 bits per heavy atom. The molecule has 3 N–H and O–H groups in total. The molecule has 0 unspecified atom stereocenters. The Kier molecular flexibility index (Phi) is 4.92. The van der Waals surface area contributed by atoms with Crippen molar-refractivity contribution in [1.82, 2.24) is 9.97 Å². The van der Waals surface area contributed by atoms with E-state index in [1.54, 1.807) is 36.4 Å². The van der Waals surface area contributed by atoms with Crippen LogP contribution >= 0.6 is 0 Å². The zero-order chi connectivity index (χ0) is 19.2. The van der Waals surface area contributed by atoms with Crippen LogP contribution in [0, 0.1) is 22.7 Å². The first-order valence-corrected chi connectivity index (χ1v) is 7.75. The number of hydrazone groups is 1. The van der Waals surface area contributed by atoms with E-state index < -0.39 is 5.56 Å². The van der Waals surface area contributed by atoms with Gasteiger partial charge in [0.05, 0.1) is 17.5 Å². The molecule has 0 bridgehead atoms. The number of phenols is 1. The lowest BCUT2D eigenvalue weighted by Crippen LogP contribution is -2.16. The van der Waals surface area contributed by atoms with Crippen LogP contribution in [-0.4, -0.2) is 21.3 Å². The summed E-state index contributed by atoms with van der Waals surface area (Å²) in [6.07, 6.45) is 1.29.